The fourth-order valence-corrected chi connectivity index (χ4v) is 7.35. The van der Waals surface area contributed by atoms with Gasteiger partial charge in [0.15, 0.2) is 0 Å². The number of fused-ring (bicyclic) bond motifs is 3. The largest absolute Gasteiger partial charge is 0.374 e. The van der Waals surface area contributed by atoms with E-state index in [9.17, 15) is 4.21 Å². The Morgan fingerprint density at radius 3 is 1.90 bits per heavy atom. The van der Waals surface area contributed by atoms with E-state index >= 15 is 0 Å². The third-order valence-corrected chi connectivity index (χ3v) is 9.40. The average Bonchev–Trinajstić information content (AvgIpc) is 3.01. The highest BCUT2D eigenvalue weighted by atomic mass is 32.2. The van der Waals surface area contributed by atoms with Gasteiger partial charge in [0.05, 0.1) is 49.4 Å². The van der Waals surface area contributed by atoms with Crippen molar-refractivity contribution in [2.45, 2.75) is 56.1 Å². The van der Waals surface area contributed by atoms with Gasteiger partial charge in [-0.25, -0.2) is 0 Å². The summed E-state index contributed by atoms with van der Waals surface area (Å²) in [5.41, 5.74) is 5.37. The minimum absolute atomic E-state index is 0.125. The van der Waals surface area contributed by atoms with Crippen LogP contribution in [0.25, 0.3) is 0 Å². The maximum Gasteiger partial charge on any atom is 0.113 e. The quantitative estimate of drug-likeness (QED) is 0.217. The smallest absolute Gasteiger partial charge is 0.113 e. The topological polar surface area (TPSA) is 54.0 Å². The summed E-state index contributed by atoms with van der Waals surface area (Å²) in [5.74, 6) is 0.336. The van der Waals surface area contributed by atoms with Crippen molar-refractivity contribution < 1.29 is 23.2 Å². The zero-order chi connectivity index (χ0) is 28.0. The first kappa shape index (κ1) is 28.0. The van der Waals surface area contributed by atoms with Crippen LogP contribution in [-0.4, -0.2) is 34.9 Å². The second-order valence-electron chi connectivity index (χ2n) is 10.8. The van der Waals surface area contributed by atoms with Crippen molar-refractivity contribution in [2.75, 3.05) is 12.4 Å². The maximum absolute atomic E-state index is 13.5. The zero-order valence-corrected chi connectivity index (χ0v) is 24.1. The van der Waals surface area contributed by atoms with Crippen LogP contribution in [0.15, 0.2) is 114 Å². The number of aryl methyl sites for hydroxylation is 1. The molecule has 41 heavy (non-hydrogen) atoms. The molecule has 1 unspecified atom stereocenters. The van der Waals surface area contributed by atoms with Gasteiger partial charge in [0.1, 0.15) is 12.2 Å². The SMILES string of the molecule is Cc1ccc2c(c1)[C@@H]1O[C@H](COCc3ccccc3)[C@@H](OCc3ccccc3)[C@H](OCc3ccccc3)[C@@H]1CS2=O. The lowest BCUT2D eigenvalue weighted by Crippen LogP contribution is -2.57. The third-order valence-electron chi connectivity index (χ3n) is 7.85. The molecular formula is C35H36O5S. The van der Waals surface area contributed by atoms with Gasteiger partial charge in [-0.05, 0) is 35.2 Å². The van der Waals surface area contributed by atoms with Gasteiger partial charge in [0.25, 0.3) is 0 Å². The van der Waals surface area contributed by atoms with Crippen molar-refractivity contribution in [3.8, 4) is 0 Å². The van der Waals surface area contributed by atoms with E-state index in [4.69, 9.17) is 18.9 Å². The first-order valence-electron chi connectivity index (χ1n) is 14.2. The van der Waals surface area contributed by atoms with E-state index in [-0.39, 0.29) is 24.2 Å². The molecule has 6 rings (SSSR count). The van der Waals surface area contributed by atoms with Gasteiger partial charge < -0.3 is 18.9 Å². The highest BCUT2D eigenvalue weighted by Gasteiger charge is 2.51. The van der Waals surface area contributed by atoms with E-state index in [1.165, 1.54) is 0 Å². The average molecular weight is 569 g/mol. The molecule has 4 aromatic rings. The van der Waals surface area contributed by atoms with E-state index in [1.54, 1.807) is 0 Å². The normalized spacial score (nSPS) is 25.3. The molecule has 0 aliphatic carbocycles. The number of rotatable bonds is 10. The van der Waals surface area contributed by atoms with Crippen LogP contribution in [0.4, 0.5) is 0 Å². The van der Waals surface area contributed by atoms with Gasteiger partial charge in [-0.2, -0.15) is 0 Å². The summed E-state index contributed by atoms with van der Waals surface area (Å²) in [4.78, 5) is 0.853. The molecule has 0 saturated carbocycles. The Kier molecular flexibility index (Phi) is 9.04. The van der Waals surface area contributed by atoms with Gasteiger partial charge >= 0.3 is 0 Å². The molecule has 2 heterocycles. The molecule has 0 amide bonds. The molecular weight excluding hydrogens is 532 g/mol. The van der Waals surface area contributed by atoms with Crippen molar-refractivity contribution in [3.63, 3.8) is 0 Å². The van der Waals surface area contributed by atoms with Crippen molar-refractivity contribution in [2.24, 2.45) is 5.92 Å². The van der Waals surface area contributed by atoms with Gasteiger partial charge in [0, 0.05) is 16.6 Å². The number of hydrogen-bond donors (Lipinski definition) is 0. The Balaban J connectivity index is 1.32. The minimum Gasteiger partial charge on any atom is -0.374 e. The predicted molar refractivity (Wildman–Crippen MR) is 160 cm³/mol. The summed E-state index contributed by atoms with van der Waals surface area (Å²) >= 11 is 0. The molecule has 5 nitrogen and oxygen atoms in total. The van der Waals surface area contributed by atoms with Crippen LogP contribution in [0.5, 0.6) is 0 Å². The Bertz CT molecular complexity index is 1430. The Labute approximate surface area is 244 Å². The van der Waals surface area contributed by atoms with Crippen LogP contribution in [0.2, 0.25) is 0 Å². The van der Waals surface area contributed by atoms with E-state index in [0.717, 1.165) is 32.7 Å². The number of hydrogen-bond acceptors (Lipinski definition) is 5. The molecule has 4 aromatic carbocycles. The molecule has 6 heteroatoms. The van der Waals surface area contributed by atoms with E-state index in [2.05, 4.69) is 49.4 Å². The van der Waals surface area contributed by atoms with E-state index < -0.39 is 16.9 Å². The van der Waals surface area contributed by atoms with Crippen LogP contribution in [0.3, 0.4) is 0 Å². The predicted octanol–water partition coefficient (Wildman–Crippen LogP) is 6.56. The van der Waals surface area contributed by atoms with Crippen LogP contribution >= 0.6 is 0 Å². The molecule has 0 spiro atoms. The van der Waals surface area contributed by atoms with E-state index in [0.29, 0.717) is 32.2 Å². The molecule has 6 atom stereocenters. The highest BCUT2D eigenvalue weighted by molar-refractivity contribution is 7.85. The number of benzene rings is 4. The molecule has 0 radical (unpaired) electrons. The molecule has 0 N–H and O–H groups in total. The first-order valence-corrected chi connectivity index (χ1v) is 15.5. The van der Waals surface area contributed by atoms with Crippen LogP contribution < -0.4 is 0 Å². The molecule has 0 aromatic heterocycles. The summed E-state index contributed by atoms with van der Waals surface area (Å²) in [5, 5.41) is 0. The van der Waals surface area contributed by atoms with Gasteiger partial charge in [-0.3, -0.25) is 4.21 Å². The van der Waals surface area contributed by atoms with Gasteiger partial charge in [-0.15, -0.1) is 0 Å². The minimum atomic E-state index is -1.15. The lowest BCUT2D eigenvalue weighted by molar-refractivity contribution is -0.244. The fraction of sp³-hybridized carbons (Fsp3) is 0.314. The summed E-state index contributed by atoms with van der Waals surface area (Å²) in [6.07, 6.45) is -1.37. The lowest BCUT2D eigenvalue weighted by atomic mass is 9.83. The maximum atomic E-state index is 13.5. The summed E-state index contributed by atoms with van der Waals surface area (Å²) in [7, 11) is -1.15. The Hall–Kier alpha value is -3.13. The monoisotopic (exact) mass is 568 g/mol. The Morgan fingerprint density at radius 2 is 1.29 bits per heavy atom. The summed E-state index contributed by atoms with van der Waals surface area (Å²) in [6.45, 7) is 3.75. The van der Waals surface area contributed by atoms with Crippen LogP contribution in [-0.2, 0) is 49.6 Å². The molecule has 1 fully saturated rings. The summed E-state index contributed by atoms with van der Waals surface area (Å²) < 4.78 is 40.0. The van der Waals surface area contributed by atoms with Gasteiger partial charge in [-0.1, -0.05) is 109 Å². The van der Waals surface area contributed by atoms with Crippen molar-refractivity contribution >= 4 is 10.8 Å². The van der Waals surface area contributed by atoms with Crippen molar-refractivity contribution in [3.05, 3.63) is 137 Å². The first-order chi connectivity index (χ1) is 20.2. The molecule has 1 saturated heterocycles. The van der Waals surface area contributed by atoms with Gasteiger partial charge in [0.2, 0.25) is 0 Å². The van der Waals surface area contributed by atoms with Crippen LogP contribution in [0.1, 0.15) is 33.9 Å². The Morgan fingerprint density at radius 1 is 0.732 bits per heavy atom. The summed E-state index contributed by atoms with van der Waals surface area (Å²) in [6, 6.07) is 36.6. The third kappa shape index (κ3) is 6.69. The fourth-order valence-electron chi connectivity index (χ4n) is 5.80. The molecule has 212 valence electrons. The second-order valence-corrected chi connectivity index (χ2v) is 12.3. The lowest BCUT2D eigenvalue weighted by Gasteiger charge is -2.48. The van der Waals surface area contributed by atoms with Crippen molar-refractivity contribution in [1.29, 1.82) is 0 Å². The van der Waals surface area contributed by atoms with E-state index in [1.807, 2.05) is 66.7 Å². The molecule has 2 aliphatic heterocycles. The number of ether oxygens (including phenoxy) is 4. The van der Waals surface area contributed by atoms with Crippen molar-refractivity contribution in [1.82, 2.24) is 0 Å². The molecule has 2 aliphatic rings. The molecule has 0 bridgehead atoms. The zero-order valence-electron chi connectivity index (χ0n) is 23.3. The standard InChI is InChI=1S/C35H36O5S/c1-25-17-18-32-29(19-25)33-30(24-41(32)36)34(38-21-27-13-7-3-8-14-27)35(39-22-28-15-9-4-10-16-28)31(40-33)23-37-20-26-11-5-2-6-12-26/h2-19,30-31,33-35H,20-24H2,1H3/t30-,31-,33+,34-,35-,41?/m1/s1. The second kappa shape index (κ2) is 13.2. The van der Waals surface area contributed by atoms with Crippen LogP contribution in [0, 0.1) is 12.8 Å². The highest BCUT2D eigenvalue weighted by Crippen LogP contribution is 2.46.